The minimum atomic E-state index is 0.324. The van der Waals surface area contributed by atoms with Gasteiger partial charge in [0.1, 0.15) is 0 Å². The number of hydrogen-bond donors (Lipinski definition) is 0. The van der Waals surface area contributed by atoms with Crippen molar-refractivity contribution in [1.82, 2.24) is 0 Å². The zero-order chi connectivity index (χ0) is 14.9. The van der Waals surface area contributed by atoms with E-state index in [9.17, 15) is 0 Å². The third-order valence-electron chi connectivity index (χ3n) is 3.68. The van der Waals surface area contributed by atoms with Gasteiger partial charge in [-0.3, -0.25) is 0 Å². The lowest BCUT2D eigenvalue weighted by molar-refractivity contribution is -0.0229. The van der Waals surface area contributed by atoms with E-state index in [-0.39, 0.29) is 0 Å². The lowest BCUT2D eigenvalue weighted by atomic mass is 10.1. The van der Waals surface area contributed by atoms with Gasteiger partial charge >= 0.3 is 0 Å². The van der Waals surface area contributed by atoms with Crippen molar-refractivity contribution in [3.05, 3.63) is 0 Å². The number of rotatable bonds is 16. The van der Waals surface area contributed by atoms with E-state index in [0.29, 0.717) is 6.10 Å². The first kappa shape index (κ1) is 19.9. The molecule has 0 aliphatic carbocycles. The highest BCUT2D eigenvalue weighted by atomic mass is 16.5. The molecule has 2 heteroatoms. The number of hydrogen-bond acceptors (Lipinski definition) is 2. The molecule has 0 N–H and O–H groups in total. The summed E-state index contributed by atoms with van der Waals surface area (Å²) in [4.78, 5) is 0. The van der Waals surface area contributed by atoms with E-state index in [2.05, 4.69) is 20.8 Å². The topological polar surface area (TPSA) is 18.5 Å². The van der Waals surface area contributed by atoms with Gasteiger partial charge in [-0.2, -0.15) is 0 Å². The molecule has 0 aromatic heterocycles. The molecule has 122 valence electrons. The maximum Gasteiger partial charge on any atom is 0.0808 e. The molecule has 1 atom stereocenters. The summed E-state index contributed by atoms with van der Waals surface area (Å²) in [6, 6.07) is 0. The molecule has 0 aliphatic heterocycles. The summed E-state index contributed by atoms with van der Waals surface area (Å²) < 4.78 is 11.7. The number of unbranched alkanes of at least 4 members (excludes halogenated alkanes) is 7. The van der Waals surface area contributed by atoms with Crippen molar-refractivity contribution in [2.75, 3.05) is 19.8 Å². The predicted molar refractivity (Wildman–Crippen MR) is 88.4 cm³/mol. The largest absolute Gasteiger partial charge is 0.379 e. The maximum absolute atomic E-state index is 5.97. The molecule has 0 aliphatic rings. The zero-order valence-corrected chi connectivity index (χ0v) is 14.3. The van der Waals surface area contributed by atoms with Gasteiger partial charge in [0.05, 0.1) is 12.7 Å². The Labute approximate surface area is 127 Å². The fraction of sp³-hybridized carbons (Fsp3) is 1.00. The van der Waals surface area contributed by atoms with E-state index < -0.39 is 0 Å². The van der Waals surface area contributed by atoms with Crippen LogP contribution in [-0.2, 0) is 9.47 Å². The van der Waals surface area contributed by atoms with Crippen molar-refractivity contribution < 1.29 is 9.47 Å². The van der Waals surface area contributed by atoms with E-state index >= 15 is 0 Å². The van der Waals surface area contributed by atoms with Crippen molar-refractivity contribution in [3.63, 3.8) is 0 Å². The molecule has 0 bridgehead atoms. The third-order valence-corrected chi connectivity index (χ3v) is 3.68. The Hall–Kier alpha value is -0.0800. The van der Waals surface area contributed by atoms with Gasteiger partial charge in [-0.15, -0.1) is 0 Å². The highest BCUT2D eigenvalue weighted by Crippen LogP contribution is 2.11. The van der Waals surface area contributed by atoms with Crippen molar-refractivity contribution >= 4 is 0 Å². The van der Waals surface area contributed by atoms with Crippen molar-refractivity contribution in [3.8, 4) is 0 Å². The standard InChI is InChI=1S/C18H38O2/c1-4-7-10-11-12-13-14-18(20-16-9-6-3)17-19-15-8-5-2/h18H,4-17H2,1-3H3. The SMILES string of the molecule is CCCCCCCCC(COCCCC)OCCCC. The average Bonchev–Trinajstić information content (AvgIpc) is 2.46. The van der Waals surface area contributed by atoms with Gasteiger partial charge in [-0.1, -0.05) is 72.1 Å². The van der Waals surface area contributed by atoms with Crippen LogP contribution in [-0.4, -0.2) is 25.9 Å². The lowest BCUT2D eigenvalue weighted by Crippen LogP contribution is -2.21. The second-order valence-corrected chi connectivity index (χ2v) is 5.83. The fourth-order valence-electron chi connectivity index (χ4n) is 2.22. The van der Waals surface area contributed by atoms with Crippen LogP contribution in [0.1, 0.15) is 91.4 Å². The van der Waals surface area contributed by atoms with Crippen LogP contribution >= 0.6 is 0 Å². The first-order valence-corrected chi connectivity index (χ1v) is 9.04. The summed E-state index contributed by atoms with van der Waals surface area (Å²) in [5, 5.41) is 0. The molecule has 0 aromatic carbocycles. The third kappa shape index (κ3) is 14.3. The highest BCUT2D eigenvalue weighted by molar-refractivity contribution is 4.58. The summed E-state index contributed by atoms with van der Waals surface area (Å²) in [6.45, 7) is 9.26. The van der Waals surface area contributed by atoms with E-state index in [1.54, 1.807) is 0 Å². The van der Waals surface area contributed by atoms with E-state index in [4.69, 9.17) is 9.47 Å². The van der Waals surface area contributed by atoms with Crippen LogP contribution in [0.15, 0.2) is 0 Å². The summed E-state index contributed by atoms with van der Waals surface area (Å²) in [5.74, 6) is 0. The maximum atomic E-state index is 5.97. The minimum Gasteiger partial charge on any atom is -0.379 e. The molecule has 0 radical (unpaired) electrons. The van der Waals surface area contributed by atoms with Crippen molar-refractivity contribution in [1.29, 1.82) is 0 Å². The predicted octanol–water partition coefficient (Wildman–Crippen LogP) is 5.74. The van der Waals surface area contributed by atoms with Crippen molar-refractivity contribution in [2.24, 2.45) is 0 Å². The van der Waals surface area contributed by atoms with Gasteiger partial charge in [-0.05, 0) is 19.3 Å². The zero-order valence-electron chi connectivity index (χ0n) is 14.3. The summed E-state index contributed by atoms with van der Waals surface area (Å²) >= 11 is 0. The summed E-state index contributed by atoms with van der Waals surface area (Å²) in [6.07, 6.45) is 14.4. The quantitative estimate of drug-likeness (QED) is 0.337. The molecule has 20 heavy (non-hydrogen) atoms. The van der Waals surface area contributed by atoms with Gasteiger partial charge in [0.2, 0.25) is 0 Å². The second kappa shape index (κ2) is 17.0. The lowest BCUT2D eigenvalue weighted by Gasteiger charge is -2.18. The Kier molecular flexibility index (Phi) is 16.9. The Bertz CT molecular complexity index is 171. The molecule has 0 heterocycles. The second-order valence-electron chi connectivity index (χ2n) is 5.83. The minimum absolute atomic E-state index is 0.324. The molecule has 2 nitrogen and oxygen atoms in total. The Balaban J connectivity index is 3.62. The Morgan fingerprint density at radius 2 is 1.25 bits per heavy atom. The molecular formula is C18H38O2. The van der Waals surface area contributed by atoms with E-state index in [1.807, 2.05) is 0 Å². The average molecular weight is 286 g/mol. The molecule has 0 spiro atoms. The monoisotopic (exact) mass is 286 g/mol. The molecule has 0 fully saturated rings. The molecule has 0 saturated carbocycles. The van der Waals surface area contributed by atoms with Crippen LogP contribution in [0.4, 0.5) is 0 Å². The van der Waals surface area contributed by atoms with Crippen LogP contribution in [0, 0.1) is 0 Å². The van der Waals surface area contributed by atoms with Gasteiger partial charge in [0.25, 0.3) is 0 Å². The van der Waals surface area contributed by atoms with Gasteiger partial charge in [-0.25, -0.2) is 0 Å². The molecular weight excluding hydrogens is 248 g/mol. The Morgan fingerprint density at radius 1 is 0.650 bits per heavy atom. The first-order valence-electron chi connectivity index (χ1n) is 9.04. The van der Waals surface area contributed by atoms with Gasteiger partial charge in [0, 0.05) is 13.2 Å². The normalized spacial score (nSPS) is 12.8. The van der Waals surface area contributed by atoms with Crippen LogP contribution in [0.2, 0.25) is 0 Å². The van der Waals surface area contributed by atoms with E-state index in [0.717, 1.165) is 19.8 Å². The molecule has 0 rings (SSSR count). The summed E-state index contributed by atoms with van der Waals surface area (Å²) in [5.41, 5.74) is 0. The van der Waals surface area contributed by atoms with Gasteiger partial charge < -0.3 is 9.47 Å². The molecule has 0 amide bonds. The van der Waals surface area contributed by atoms with E-state index in [1.165, 1.54) is 70.6 Å². The van der Waals surface area contributed by atoms with Crippen LogP contribution in [0.5, 0.6) is 0 Å². The van der Waals surface area contributed by atoms with Crippen molar-refractivity contribution in [2.45, 2.75) is 97.5 Å². The number of ether oxygens (including phenoxy) is 2. The first-order chi connectivity index (χ1) is 9.85. The van der Waals surface area contributed by atoms with Gasteiger partial charge in [0.15, 0.2) is 0 Å². The van der Waals surface area contributed by atoms with Crippen LogP contribution in [0.3, 0.4) is 0 Å². The fourth-order valence-corrected chi connectivity index (χ4v) is 2.22. The van der Waals surface area contributed by atoms with Crippen LogP contribution in [0.25, 0.3) is 0 Å². The molecule has 1 unspecified atom stereocenters. The highest BCUT2D eigenvalue weighted by Gasteiger charge is 2.09. The summed E-state index contributed by atoms with van der Waals surface area (Å²) in [7, 11) is 0. The van der Waals surface area contributed by atoms with Crippen LogP contribution < -0.4 is 0 Å². The molecule has 0 saturated heterocycles. The smallest absolute Gasteiger partial charge is 0.0808 e. The Morgan fingerprint density at radius 3 is 1.95 bits per heavy atom. The molecule has 0 aromatic rings.